The van der Waals surface area contributed by atoms with Gasteiger partial charge < -0.3 is 14.7 Å². The predicted molar refractivity (Wildman–Crippen MR) is 101 cm³/mol. The lowest BCUT2D eigenvalue weighted by Gasteiger charge is -2.36. The maximum absolute atomic E-state index is 13.1. The molecule has 1 aromatic heterocycles. The first-order valence-electron chi connectivity index (χ1n) is 8.97. The molecule has 0 N–H and O–H groups in total. The molecular weight excluding hydrogens is 317 g/mol. The van der Waals surface area contributed by atoms with Crippen molar-refractivity contribution in [1.29, 1.82) is 0 Å². The van der Waals surface area contributed by atoms with Gasteiger partial charge in [-0.25, -0.2) is 9.37 Å². The van der Waals surface area contributed by atoms with Gasteiger partial charge in [-0.15, -0.1) is 0 Å². The Morgan fingerprint density at radius 1 is 1.04 bits per heavy atom. The second-order valence-corrected chi connectivity index (χ2v) is 6.44. The molecule has 1 aliphatic heterocycles. The van der Waals surface area contributed by atoms with Crippen molar-refractivity contribution in [2.45, 2.75) is 19.8 Å². The number of halogens is 1. The Morgan fingerprint density at radius 2 is 1.72 bits per heavy atom. The van der Waals surface area contributed by atoms with Crippen molar-refractivity contribution >= 4 is 17.5 Å². The van der Waals surface area contributed by atoms with Crippen LogP contribution < -0.4 is 14.7 Å². The zero-order valence-corrected chi connectivity index (χ0v) is 15.0. The van der Waals surface area contributed by atoms with Crippen LogP contribution in [0.1, 0.15) is 19.8 Å². The maximum Gasteiger partial charge on any atom is 0.227 e. The van der Waals surface area contributed by atoms with Crippen LogP contribution in [0.2, 0.25) is 0 Å². The molecule has 1 fully saturated rings. The van der Waals surface area contributed by atoms with Crippen molar-refractivity contribution < 1.29 is 4.39 Å². The van der Waals surface area contributed by atoms with Gasteiger partial charge in [0.25, 0.3) is 0 Å². The summed E-state index contributed by atoms with van der Waals surface area (Å²) in [6.45, 7) is 6.68. The van der Waals surface area contributed by atoms with Crippen molar-refractivity contribution in [3.63, 3.8) is 0 Å². The van der Waals surface area contributed by atoms with E-state index in [2.05, 4.69) is 33.7 Å². The van der Waals surface area contributed by atoms with Gasteiger partial charge in [0.2, 0.25) is 5.95 Å². The summed E-state index contributed by atoms with van der Waals surface area (Å²) in [4.78, 5) is 15.9. The molecule has 3 rings (SSSR count). The highest BCUT2D eigenvalue weighted by Gasteiger charge is 2.19. The SMILES string of the molecule is CCCCN(C)c1ccnc(N2CCN(c3ccc(F)cc3)CC2)n1. The van der Waals surface area contributed by atoms with E-state index in [9.17, 15) is 4.39 Å². The van der Waals surface area contributed by atoms with Gasteiger partial charge in [0.05, 0.1) is 0 Å². The molecule has 0 atom stereocenters. The highest BCUT2D eigenvalue weighted by Crippen LogP contribution is 2.20. The summed E-state index contributed by atoms with van der Waals surface area (Å²) in [6, 6.07) is 8.67. The number of piperazine rings is 1. The van der Waals surface area contributed by atoms with E-state index in [-0.39, 0.29) is 5.82 Å². The third kappa shape index (κ3) is 4.38. The van der Waals surface area contributed by atoms with Crippen LogP contribution >= 0.6 is 0 Å². The normalized spacial score (nSPS) is 14.7. The van der Waals surface area contributed by atoms with E-state index < -0.39 is 0 Å². The smallest absolute Gasteiger partial charge is 0.227 e. The fourth-order valence-electron chi connectivity index (χ4n) is 3.03. The summed E-state index contributed by atoms with van der Waals surface area (Å²) >= 11 is 0. The molecule has 1 saturated heterocycles. The first-order chi connectivity index (χ1) is 12.2. The second kappa shape index (κ2) is 8.14. The van der Waals surface area contributed by atoms with Gasteiger partial charge in [-0.2, -0.15) is 4.98 Å². The average Bonchev–Trinajstić information content (AvgIpc) is 2.67. The van der Waals surface area contributed by atoms with E-state index in [1.165, 1.54) is 18.6 Å². The standard InChI is InChI=1S/C19H26FN5/c1-3-4-11-23(2)18-9-10-21-19(22-18)25-14-12-24(13-15-25)17-7-5-16(20)6-8-17/h5-10H,3-4,11-15H2,1-2H3. The third-order valence-corrected chi connectivity index (χ3v) is 4.62. The first-order valence-corrected chi connectivity index (χ1v) is 8.97. The van der Waals surface area contributed by atoms with Crippen LogP contribution in [-0.4, -0.2) is 49.7 Å². The number of rotatable bonds is 6. The van der Waals surface area contributed by atoms with E-state index >= 15 is 0 Å². The molecule has 25 heavy (non-hydrogen) atoms. The molecule has 0 bridgehead atoms. The van der Waals surface area contributed by atoms with E-state index in [1.54, 1.807) is 0 Å². The molecule has 0 saturated carbocycles. The van der Waals surface area contributed by atoms with Crippen LogP contribution in [0.15, 0.2) is 36.5 Å². The monoisotopic (exact) mass is 343 g/mol. The molecule has 134 valence electrons. The van der Waals surface area contributed by atoms with Gasteiger partial charge >= 0.3 is 0 Å². The fourth-order valence-corrected chi connectivity index (χ4v) is 3.03. The molecule has 1 aromatic carbocycles. The Morgan fingerprint density at radius 3 is 2.40 bits per heavy atom. The summed E-state index contributed by atoms with van der Waals surface area (Å²) in [5, 5.41) is 0. The van der Waals surface area contributed by atoms with Crippen molar-refractivity contribution in [1.82, 2.24) is 9.97 Å². The van der Waals surface area contributed by atoms with Crippen LogP contribution in [0.5, 0.6) is 0 Å². The lowest BCUT2D eigenvalue weighted by atomic mass is 10.2. The molecule has 0 unspecified atom stereocenters. The summed E-state index contributed by atoms with van der Waals surface area (Å²) in [6.07, 6.45) is 4.17. The summed E-state index contributed by atoms with van der Waals surface area (Å²) in [5.74, 6) is 1.57. The van der Waals surface area contributed by atoms with Crippen molar-refractivity contribution in [3.8, 4) is 0 Å². The van der Waals surface area contributed by atoms with Crippen LogP contribution in [0.25, 0.3) is 0 Å². The molecule has 6 heteroatoms. The van der Waals surface area contributed by atoms with E-state index in [0.717, 1.165) is 56.6 Å². The maximum atomic E-state index is 13.1. The highest BCUT2D eigenvalue weighted by molar-refractivity contribution is 5.49. The molecular formula is C19H26FN5. The molecule has 5 nitrogen and oxygen atoms in total. The Bertz CT molecular complexity index is 668. The average molecular weight is 343 g/mol. The Balaban J connectivity index is 1.61. The van der Waals surface area contributed by atoms with Gasteiger partial charge in [0.15, 0.2) is 0 Å². The number of anilines is 3. The summed E-state index contributed by atoms with van der Waals surface area (Å²) < 4.78 is 13.1. The number of aromatic nitrogens is 2. The third-order valence-electron chi connectivity index (χ3n) is 4.62. The topological polar surface area (TPSA) is 35.5 Å². The first kappa shape index (κ1) is 17.5. The Kier molecular flexibility index (Phi) is 5.68. The summed E-state index contributed by atoms with van der Waals surface area (Å²) in [5.41, 5.74) is 1.06. The highest BCUT2D eigenvalue weighted by atomic mass is 19.1. The van der Waals surface area contributed by atoms with Gasteiger partial charge in [0.1, 0.15) is 11.6 Å². The molecule has 2 aromatic rings. The Hall–Kier alpha value is -2.37. The molecule has 0 spiro atoms. The van der Waals surface area contributed by atoms with Crippen LogP contribution in [-0.2, 0) is 0 Å². The van der Waals surface area contributed by atoms with Crippen LogP contribution in [0, 0.1) is 5.82 Å². The minimum atomic E-state index is -0.195. The number of unbranched alkanes of at least 4 members (excludes halogenated alkanes) is 1. The summed E-state index contributed by atoms with van der Waals surface area (Å²) in [7, 11) is 2.08. The van der Waals surface area contributed by atoms with Gasteiger partial charge in [0, 0.05) is 51.7 Å². The fraction of sp³-hybridized carbons (Fsp3) is 0.474. The van der Waals surface area contributed by atoms with Crippen molar-refractivity contribution in [3.05, 3.63) is 42.3 Å². The van der Waals surface area contributed by atoms with Gasteiger partial charge in [-0.3, -0.25) is 0 Å². The largest absolute Gasteiger partial charge is 0.368 e. The quantitative estimate of drug-likeness (QED) is 0.805. The molecule has 0 radical (unpaired) electrons. The van der Waals surface area contributed by atoms with Crippen LogP contribution in [0.3, 0.4) is 0 Å². The second-order valence-electron chi connectivity index (χ2n) is 6.44. The molecule has 2 heterocycles. The minimum Gasteiger partial charge on any atom is -0.368 e. The van der Waals surface area contributed by atoms with E-state index in [0.29, 0.717) is 0 Å². The van der Waals surface area contributed by atoms with Gasteiger partial charge in [-0.05, 0) is 36.8 Å². The Labute approximate surface area is 149 Å². The zero-order valence-electron chi connectivity index (χ0n) is 15.0. The molecule has 1 aliphatic rings. The van der Waals surface area contributed by atoms with Gasteiger partial charge in [-0.1, -0.05) is 13.3 Å². The van der Waals surface area contributed by atoms with E-state index in [1.807, 2.05) is 24.4 Å². The molecule has 0 aliphatic carbocycles. The lowest BCUT2D eigenvalue weighted by Crippen LogP contribution is -2.47. The number of nitrogens with zero attached hydrogens (tertiary/aromatic N) is 5. The number of benzene rings is 1. The minimum absolute atomic E-state index is 0.195. The van der Waals surface area contributed by atoms with Crippen LogP contribution in [0.4, 0.5) is 21.8 Å². The number of hydrogen-bond donors (Lipinski definition) is 0. The van der Waals surface area contributed by atoms with Crippen molar-refractivity contribution in [2.75, 3.05) is 54.5 Å². The zero-order chi connectivity index (χ0) is 17.6. The molecule has 0 amide bonds. The van der Waals surface area contributed by atoms with E-state index in [4.69, 9.17) is 4.98 Å². The lowest BCUT2D eigenvalue weighted by molar-refractivity contribution is 0.623. The number of hydrogen-bond acceptors (Lipinski definition) is 5. The van der Waals surface area contributed by atoms with Crippen molar-refractivity contribution in [2.24, 2.45) is 0 Å². The predicted octanol–water partition coefficient (Wildman–Crippen LogP) is 3.18.